The Labute approximate surface area is 178 Å². The van der Waals surface area contributed by atoms with E-state index in [0.717, 1.165) is 22.3 Å². The maximum atomic E-state index is 12.9. The van der Waals surface area contributed by atoms with Gasteiger partial charge in [0.05, 0.1) is 17.7 Å². The average Bonchev–Trinajstić information content (AvgIpc) is 2.62. The average molecular weight is 414 g/mol. The van der Waals surface area contributed by atoms with E-state index in [-0.39, 0.29) is 53.9 Å². The molecule has 1 N–H and O–H groups in total. The Morgan fingerprint density at radius 2 is 1.83 bits per heavy atom. The summed E-state index contributed by atoms with van der Waals surface area (Å²) in [6.07, 6.45) is 0.839. The van der Waals surface area contributed by atoms with E-state index >= 15 is 0 Å². The number of oxime groups is 1. The summed E-state index contributed by atoms with van der Waals surface area (Å²) in [6.45, 7) is 11.1. The summed E-state index contributed by atoms with van der Waals surface area (Å²) >= 11 is 0. The molecule has 162 valence electrons. The number of nitrogens with zero attached hydrogens (tertiary/aromatic N) is 1. The van der Waals surface area contributed by atoms with Gasteiger partial charge in [-0.15, -0.1) is 0 Å². The van der Waals surface area contributed by atoms with Gasteiger partial charge in [-0.05, 0) is 69.2 Å². The monoisotopic (exact) mass is 413 g/mol. The van der Waals surface area contributed by atoms with Gasteiger partial charge in [0.15, 0.2) is 11.6 Å². The van der Waals surface area contributed by atoms with Gasteiger partial charge in [0.2, 0.25) is 0 Å². The Morgan fingerprint density at radius 3 is 2.37 bits per heavy atom. The van der Waals surface area contributed by atoms with Crippen molar-refractivity contribution in [3.63, 3.8) is 0 Å². The fourth-order valence-corrected chi connectivity index (χ4v) is 4.43. The van der Waals surface area contributed by atoms with E-state index in [9.17, 15) is 19.5 Å². The van der Waals surface area contributed by atoms with Crippen LogP contribution in [0.4, 0.5) is 0 Å². The number of hydrogen-bond donors (Lipinski definition) is 1. The molecule has 1 aromatic carbocycles. The van der Waals surface area contributed by atoms with Crippen LogP contribution in [0.5, 0.6) is 0 Å². The van der Waals surface area contributed by atoms with Gasteiger partial charge in [-0.3, -0.25) is 14.4 Å². The van der Waals surface area contributed by atoms with Crippen molar-refractivity contribution in [3.8, 4) is 0 Å². The summed E-state index contributed by atoms with van der Waals surface area (Å²) in [5.41, 5.74) is 4.71. The molecule has 1 atom stereocenters. The molecule has 6 heteroatoms. The Kier molecular flexibility index (Phi) is 7.71. The van der Waals surface area contributed by atoms with E-state index in [1.807, 2.05) is 33.8 Å². The molecule has 0 heterocycles. The summed E-state index contributed by atoms with van der Waals surface area (Å²) in [6, 6.07) is 1.92. The summed E-state index contributed by atoms with van der Waals surface area (Å²) in [5, 5.41) is 14.7. The third-order valence-corrected chi connectivity index (χ3v) is 5.49. The van der Waals surface area contributed by atoms with Gasteiger partial charge in [0, 0.05) is 18.4 Å². The third kappa shape index (κ3) is 4.86. The molecule has 2 rings (SSSR count). The third-order valence-electron chi connectivity index (χ3n) is 5.49. The summed E-state index contributed by atoms with van der Waals surface area (Å²) < 4.78 is 0. The minimum absolute atomic E-state index is 0.00698. The molecule has 1 aliphatic rings. The Morgan fingerprint density at radius 1 is 1.17 bits per heavy atom. The van der Waals surface area contributed by atoms with Crippen molar-refractivity contribution >= 4 is 23.1 Å². The summed E-state index contributed by atoms with van der Waals surface area (Å²) in [4.78, 5) is 42.2. The van der Waals surface area contributed by atoms with E-state index in [1.165, 1.54) is 6.92 Å². The van der Waals surface area contributed by atoms with Crippen molar-refractivity contribution < 1.29 is 24.3 Å². The molecule has 0 spiro atoms. The highest BCUT2D eigenvalue weighted by molar-refractivity contribution is 6.23. The Bertz CT molecular complexity index is 939. The first-order valence-electron chi connectivity index (χ1n) is 10.4. The predicted molar refractivity (Wildman–Crippen MR) is 116 cm³/mol. The highest BCUT2D eigenvalue weighted by Crippen LogP contribution is 2.39. The summed E-state index contributed by atoms with van der Waals surface area (Å²) in [7, 11) is 0. The number of allylic oxidation sites excluding steroid dienone is 2. The highest BCUT2D eigenvalue weighted by Gasteiger charge is 2.33. The second kappa shape index (κ2) is 9.83. The number of aliphatic hydroxyl groups is 1. The Hall–Kier alpha value is -2.76. The van der Waals surface area contributed by atoms with Crippen molar-refractivity contribution in [2.24, 2.45) is 5.16 Å². The fourth-order valence-electron chi connectivity index (χ4n) is 4.43. The zero-order chi connectivity index (χ0) is 22.6. The van der Waals surface area contributed by atoms with Crippen LogP contribution in [-0.4, -0.2) is 34.8 Å². The van der Waals surface area contributed by atoms with Crippen LogP contribution in [-0.2, 0) is 14.4 Å². The second-order valence-electron chi connectivity index (χ2n) is 7.89. The molecular formula is C24H31NO5. The smallest absolute Gasteiger partial charge is 0.170 e. The molecule has 0 saturated carbocycles. The minimum atomic E-state index is -0.240. The number of carbonyl (C=O) groups is 3. The van der Waals surface area contributed by atoms with Crippen LogP contribution in [0.2, 0.25) is 0 Å². The van der Waals surface area contributed by atoms with Crippen molar-refractivity contribution in [1.82, 2.24) is 0 Å². The molecule has 0 saturated heterocycles. The normalized spacial score (nSPS) is 17.3. The number of rotatable bonds is 8. The van der Waals surface area contributed by atoms with E-state index in [0.29, 0.717) is 24.3 Å². The van der Waals surface area contributed by atoms with E-state index < -0.39 is 0 Å². The number of benzene rings is 1. The lowest BCUT2D eigenvalue weighted by atomic mass is 9.76. The minimum Gasteiger partial charge on any atom is -0.511 e. The molecule has 1 aliphatic carbocycles. The van der Waals surface area contributed by atoms with Crippen molar-refractivity contribution in [2.75, 3.05) is 6.61 Å². The molecule has 0 fully saturated rings. The van der Waals surface area contributed by atoms with Crippen LogP contribution in [0.1, 0.15) is 85.0 Å². The molecule has 0 radical (unpaired) electrons. The predicted octanol–water partition coefficient (Wildman–Crippen LogP) is 4.83. The van der Waals surface area contributed by atoms with Crippen LogP contribution < -0.4 is 0 Å². The van der Waals surface area contributed by atoms with Crippen LogP contribution in [0.15, 0.2) is 22.6 Å². The number of carbonyl (C=O) groups excluding carboxylic acids is 3. The summed E-state index contributed by atoms with van der Waals surface area (Å²) in [5.74, 6) is -0.804. The van der Waals surface area contributed by atoms with Gasteiger partial charge in [-0.25, -0.2) is 0 Å². The first-order valence-corrected chi connectivity index (χ1v) is 10.4. The van der Waals surface area contributed by atoms with Crippen molar-refractivity contribution in [2.45, 2.75) is 73.1 Å². The van der Waals surface area contributed by atoms with Gasteiger partial charge in [-0.2, -0.15) is 0 Å². The standard InChI is InChI=1S/C24H31NO5/c1-7-18(25-30-8-2)24-20(28)11-17(12-21(24)29)22-13(3)9-14(4)23(16(22)6)19(27)10-15(5)26/h9,17,28H,7-8,10-12H2,1-6H3/b25-18-. The van der Waals surface area contributed by atoms with Crippen LogP contribution in [0.3, 0.4) is 0 Å². The first kappa shape index (κ1) is 23.5. The quantitative estimate of drug-likeness (QED) is 0.285. The molecule has 0 bridgehead atoms. The maximum Gasteiger partial charge on any atom is 0.170 e. The van der Waals surface area contributed by atoms with Crippen LogP contribution in [0.25, 0.3) is 0 Å². The molecular weight excluding hydrogens is 382 g/mol. The lowest BCUT2D eigenvalue weighted by molar-refractivity contribution is -0.117. The number of hydrogen-bond acceptors (Lipinski definition) is 6. The SMILES string of the molecule is CCO/N=C(/CC)C1=C(O)CC(c2c(C)cc(C)c(C(=O)CC(C)=O)c2C)CC1=O. The van der Waals surface area contributed by atoms with Crippen molar-refractivity contribution in [3.05, 3.63) is 45.2 Å². The van der Waals surface area contributed by atoms with E-state index in [4.69, 9.17) is 4.84 Å². The molecule has 1 unspecified atom stereocenters. The maximum absolute atomic E-state index is 12.9. The largest absolute Gasteiger partial charge is 0.511 e. The Balaban J connectivity index is 2.50. The number of Topliss-reactive ketones (excluding diaryl/α,β-unsaturated/α-hetero) is 3. The molecule has 1 aromatic rings. The molecule has 0 aromatic heterocycles. The number of aryl methyl sites for hydroxylation is 2. The van der Waals surface area contributed by atoms with E-state index in [1.54, 1.807) is 6.92 Å². The lowest BCUT2D eigenvalue weighted by Crippen LogP contribution is -2.25. The number of ketones is 3. The topological polar surface area (TPSA) is 93.0 Å². The molecule has 0 aliphatic heterocycles. The lowest BCUT2D eigenvalue weighted by Gasteiger charge is -2.28. The van der Waals surface area contributed by atoms with Gasteiger partial charge in [-0.1, -0.05) is 18.1 Å². The zero-order valence-electron chi connectivity index (χ0n) is 18.7. The van der Waals surface area contributed by atoms with Crippen molar-refractivity contribution in [1.29, 1.82) is 0 Å². The number of aliphatic hydroxyl groups excluding tert-OH is 1. The zero-order valence-corrected chi connectivity index (χ0v) is 18.7. The second-order valence-corrected chi connectivity index (χ2v) is 7.89. The molecule has 30 heavy (non-hydrogen) atoms. The van der Waals surface area contributed by atoms with Gasteiger partial charge in [0.1, 0.15) is 18.1 Å². The highest BCUT2D eigenvalue weighted by atomic mass is 16.6. The van der Waals surface area contributed by atoms with E-state index in [2.05, 4.69) is 5.16 Å². The van der Waals surface area contributed by atoms with Gasteiger partial charge < -0.3 is 9.94 Å². The van der Waals surface area contributed by atoms with Gasteiger partial charge in [0.25, 0.3) is 0 Å². The first-order chi connectivity index (χ1) is 14.1. The molecule has 6 nitrogen and oxygen atoms in total. The van der Waals surface area contributed by atoms with Gasteiger partial charge >= 0.3 is 0 Å². The molecule has 0 amide bonds. The van der Waals surface area contributed by atoms with Crippen LogP contribution in [0, 0.1) is 20.8 Å². The fraction of sp³-hybridized carbons (Fsp3) is 0.500. The van der Waals surface area contributed by atoms with Crippen LogP contribution >= 0.6 is 0 Å².